The van der Waals surface area contributed by atoms with Gasteiger partial charge in [0.25, 0.3) is 0 Å². The topological polar surface area (TPSA) is 97.3 Å². The number of likely N-dealkylation sites (tertiary alicyclic amines) is 1. The van der Waals surface area contributed by atoms with Crippen LogP contribution in [0.4, 0.5) is 10.5 Å². The summed E-state index contributed by atoms with van der Waals surface area (Å²) in [6.45, 7) is 3.32. The lowest BCUT2D eigenvalue weighted by atomic mass is 9.77. The molecule has 138 valence electrons. The van der Waals surface area contributed by atoms with Crippen LogP contribution >= 0.6 is 0 Å². The van der Waals surface area contributed by atoms with Gasteiger partial charge in [0.2, 0.25) is 5.89 Å². The third-order valence-electron chi connectivity index (χ3n) is 5.46. The summed E-state index contributed by atoms with van der Waals surface area (Å²) < 4.78 is 5.49. The Morgan fingerprint density at radius 2 is 2.23 bits per heavy atom. The minimum atomic E-state index is -0.418. The number of nitrogens with two attached hydrogens (primary N) is 1. The molecule has 1 saturated carbocycles. The van der Waals surface area contributed by atoms with Crippen LogP contribution in [0.15, 0.2) is 28.8 Å². The number of hydrogen-bond donors (Lipinski definition) is 2. The van der Waals surface area contributed by atoms with Crippen molar-refractivity contribution in [1.29, 1.82) is 0 Å². The largest absolute Gasteiger partial charge is 0.339 e. The number of nitrogens with one attached hydrogen (secondary N) is 1. The molecule has 7 heteroatoms. The van der Waals surface area contributed by atoms with E-state index in [1.807, 2.05) is 36.1 Å². The number of piperidine rings is 1. The van der Waals surface area contributed by atoms with E-state index >= 15 is 0 Å². The van der Waals surface area contributed by atoms with E-state index in [9.17, 15) is 4.79 Å². The van der Waals surface area contributed by atoms with E-state index in [0.717, 1.165) is 49.9 Å². The van der Waals surface area contributed by atoms with Crippen LogP contribution in [-0.2, 0) is 5.54 Å². The van der Waals surface area contributed by atoms with E-state index in [1.165, 1.54) is 0 Å². The van der Waals surface area contributed by atoms with Crippen LogP contribution in [0.25, 0.3) is 0 Å². The van der Waals surface area contributed by atoms with E-state index in [-0.39, 0.29) is 11.9 Å². The maximum absolute atomic E-state index is 12.6. The molecule has 2 aromatic rings. The zero-order valence-corrected chi connectivity index (χ0v) is 15.1. The normalized spacial score (nSPS) is 21.9. The van der Waals surface area contributed by atoms with Gasteiger partial charge in [-0.05, 0) is 56.7 Å². The minimum Gasteiger partial charge on any atom is -0.339 e. The van der Waals surface area contributed by atoms with Crippen molar-refractivity contribution in [2.45, 2.75) is 50.5 Å². The van der Waals surface area contributed by atoms with Gasteiger partial charge in [-0.3, -0.25) is 0 Å². The summed E-state index contributed by atoms with van der Waals surface area (Å²) in [5.41, 5.74) is 7.79. The van der Waals surface area contributed by atoms with Crippen molar-refractivity contribution in [3.8, 4) is 0 Å². The first-order valence-electron chi connectivity index (χ1n) is 9.29. The maximum Gasteiger partial charge on any atom is 0.321 e. The summed E-state index contributed by atoms with van der Waals surface area (Å²) >= 11 is 0. The molecule has 0 spiro atoms. The number of aromatic nitrogens is 2. The lowest BCUT2D eigenvalue weighted by Gasteiger charge is -2.34. The second-order valence-corrected chi connectivity index (χ2v) is 7.55. The lowest BCUT2D eigenvalue weighted by Crippen LogP contribution is -2.44. The molecule has 2 aliphatic rings. The molecule has 1 atom stereocenters. The number of hydrogen-bond acceptors (Lipinski definition) is 5. The van der Waals surface area contributed by atoms with Gasteiger partial charge in [-0.2, -0.15) is 4.98 Å². The molecule has 2 amide bonds. The van der Waals surface area contributed by atoms with E-state index in [4.69, 9.17) is 10.3 Å². The van der Waals surface area contributed by atoms with Crippen molar-refractivity contribution >= 4 is 11.7 Å². The quantitative estimate of drug-likeness (QED) is 0.881. The molecule has 1 unspecified atom stereocenters. The Morgan fingerprint density at radius 1 is 1.38 bits per heavy atom. The average Bonchev–Trinajstić information content (AvgIpc) is 3.10. The molecule has 2 heterocycles. The van der Waals surface area contributed by atoms with Crippen LogP contribution in [0, 0.1) is 6.92 Å². The van der Waals surface area contributed by atoms with Crippen LogP contribution < -0.4 is 11.1 Å². The number of anilines is 1. The second-order valence-electron chi connectivity index (χ2n) is 7.55. The molecule has 0 radical (unpaired) electrons. The summed E-state index contributed by atoms with van der Waals surface area (Å²) in [6.07, 6.45) is 4.77. The Hall–Kier alpha value is -2.41. The molecule has 2 fully saturated rings. The number of carbonyl (C=O) groups is 1. The first-order valence-corrected chi connectivity index (χ1v) is 9.29. The van der Waals surface area contributed by atoms with Crippen molar-refractivity contribution in [3.63, 3.8) is 0 Å². The van der Waals surface area contributed by atoms with Crippen molar-refractivity contribution < 1.29 is 9.32 Å². The molecule has 7 nitrogen and oxygen atoms in total. The molecule has 1 aliphatic heterocycles. The Bertz CT molecular complexity index is 799. The van der Waals surface area contributed by atoms with Crippen LogP contribution in [0.1, 0.15) is 55.3 Å². The Kier molecular flexibility index (Phi) is 4.40. The molecule has 1 aliphatic carbocycles. The fourth-order valence-electron chi connectivity index (χ4n) is 3.67. The summed E-state index contributed by atoms with van der Waals surface area (Å²) in [5, 5.41) is 7.07. The summed E-state index contributed by atoms with van der Waals surface area (Å²) in [6, 6.07) is 7.71. The van der Waals surface area contributed by atoms with Crippen LogP contribution in [0.2, 0.25) is 0 Å². The standard InChI is InChI=1S/C19H25N5O2/c1-13-5-2-7-15(11-13)21-18(25)24-10-3-6-14(12-24)16-22-17(23-26-16)19(20)8-4-9-19/h2,5,7,11,14H,3-4,6,8-10,12,20H2,1H3,(H,21,25). The summed E-state index contributed by atoms with van der Waals surface area (Å²) in [7, 11) is 0. The first-order chi connectivity index (χ1) is 12.5. The number of nitrogens with zero attached hydrogens (tertiary/aromatic N) is 3. The fourth-order valence-corrected chi connectivity index (χ4v) is 3.67. The van der Waals surface area contributed by atoms with E-state index in [2.05, 4.69) is 15.5 Å². The van der Waals surface area contributed by atoms with E-state index in [0.29, 0.717) is 18.3 Å². The van der Waals surface area contributed by atoms with Crippen molar-refractivity contribution in [1.82, 2.24) is 15.0 Å². The molecule has 1 saturated heterocycles. The third-order valence-corrected chi connectivity index (χ3v) is 5.46. The molecular weight excluding hydrogens is 330 g/mol. The van der Waals surface area contributed by atoms with Crippen molar-refractivity contribution in [2.24, 2.45) is 5.73 Å². The van der Waals surface area contributed by atoms with Gasteiger partial charge in [0, 0.05) is 18.8 Å². The highest BCUT2D eigenvalue weighted by atomic mass is 16.5. The van der Waals surface area contributed by atoms with Crippen LogP contribution in [-0.4, -0.2) is 34.2 Å². The molecule has 1 aromatic carbocycles. The van der Waals surface area contributed by atoms with E-state index < -0.39 is 5.54 Å². The van der Waals surface area contributed by atoms with Crippen LogP contribution in [0.3, 0.4) is 0 Å². The van der Waals surface area contributed by atoms with Gasteiger partial charge in [-0.1, -0.05) is 17.3 Å². The SMILES string of the molecule is Cc1cccc(NC(=O)N2CCCC(c3nc(C4(N)CCC4)no3)C2)c1. The summed E-state index contributed by atoms with van der Waals surface area (Å²) in [4.78, 5) is 19.0. The van der Waals surface area contributed by atoms with Gasteiger partial charge in [0.05, 0.1) is 11.5 Å². The van der Waals surface area contributed by atoms with Gasteiger partial charge in [0.1, 0.15) is 0 Å². The van der Waals surface area contributed by atoms with Gasteiger partial charge in [0.15, 0.2) is 5.82 Å². The van der Waals surface area contributed by atoms with E-state index in [1.54, 1.807) is 0 Å². The maximum atomic E-state index is 12.6. The van der Waals surface area contributed by atoms with Gasteiger partial charge < -0.3 is 20.5 Å². The lowest BCUT2D eigenvalue weighted by molar-refractivity contribution is 0.183. The fraction of sp³-hybridized carbons (Fsp3) is 0.526. The molecule has 4 rings (SSSR count). The Morgan fingerprint density at radius 3 is 2.96 bits per heavy atom. The monoisotopic (exact) mass is 355 g/mol. The van der Waals surface area contributed by atoms with Gasteiger partial charge in [-0.25, -0.2) is 4.79 Å². The Labute approximate surface area is 152 Å². The third kappa shape index (κ3) is 3.31. The second kappa shape index (κ2) is 6.72. The average molecular weight is 355 g/mol. The van der Waals surface area contributed by atoms with Gasteiger partial charge >= 0.3 is 6.03 Å². The molecule has 0 bridgehead atoms. The minimum absolute atomic E-state index is 0.0666. The van der Waals surface area contributed by atoms with Crippen molar-refractivity contribution in [2.75, 3.05) is 18.4 Å². The summed E-state index contributed by atoms with van der Waals surface area (Å²) in [5.74, 6) is 1.28. The Balaban J connectivity index is 1.41. The highest BCUT2D eigenvalue weighted by Crippen LogP contribution is 2.38. The number of urea groups is 1. The van der Waals surface area contributed by atoms with Crippen molar-refractivity contribution in [3.05, 3.63) is 41.5 Å². The highest BCUT2D eigenvalue weighted by Gasteiger charge is 2.40. The zero-order valence-electron chi connectivity index (χ0n) is 15.1. The molecule has 1 aromatic heterocycles. The predicted molar refractivity (Wildman–Crippen MR) is 97.8 cm³/mol. The molecule has 26 heavy (non-hydrogen) atoms. The van der Waals surface area contributed by atoms with Crippen LogP contribution in [0.5, 0.6) is 0 Å². The highest BCUT2D eigenvalue weighted by molar-refractivity contribution is 5.89. The number of aryl methyl sites for hydroxylation is 1. The zero-order chi connectivity index (χ0) is 18.1. The smallest absolute Gasteiger partial charge is 0.321 e. The predicted octanol–water partition coefficient (Wildman–Crippen LogP) is 3.13. The number of rotatable bonds is 3. The first kappa shape index (κ1) is 17.0. The van der Waals surface area contributed by atoms with Gasteiger partial charge in [-0.15, -0.1) is 0 Å². The molecule has 3 N–H and O–H groups in total. The number of benzene rings is 1. The number of amides is 2. The number of carbonyl (C=O) groups excluding carboxylic acids is 1. The molecular formula is C19H25N5O2.